The number of pyridine rings is 2. The molecule has 1 fully saturated rings. The molecule has 1 saturated heterocycles. The Morgan fingerprint density at radius 3 is 2.45 bits per heavy atom. The number of ether oxygens (including phenoxy) is 2. The van der Waals surface area contributed by atoms with E-state index in [0.717, 1.165) is 5.56 Å². The van der Waals surface area contributed by atoms with Gasteiger partial charge in [0.2, 0.25) is 5.91 Å². The van der Waals surface area contributed by atoms with Gasteiger partial charge in [-0.05, 0) is 65.3 Å². The van der Waals surface area contributed by atoms with Gasteiger partial charge in [0, 0.05) is 72.3 Å². The monoisotopic (exact) mass is 766 g/mol. The summed E-state index contributed by atoms with van der Waals surface area (Å²) < 4.78 is 26.9. The van der Waals surface area contributed by atoms with Crippen LogP contribution in [0.25, 0.3) is 22.4 Å². The number of nitrogens with one attached hydrogen (secondary N) is 3. The molecule has 5 rings (SSSR count). The van der Waals surface area contributed by atoms with Crippen molar-refractivity contribution in [2.45, 2.75) is 77.8 Å². The molecule has 1 aliphatic heterocycles. The van der Waals surface area contributed by atoms with E-state index in [1.807, 2.05) is 12.1 Å². The molecule has 0 bridgehead atoms. The van der Waals surface area contributed by atoms with Gasteiger partial charge in [-0.3, -0.25) is 9.78 Å². The van der Waals surface area contributed by atoms with Crippen molar-refractivity contribution >= 4 is 46.7 Å². The number of nitrogens with zero attached hydrogens (tertiary/aromatic N) is 3. The number of halogens is 3. The van der Waals surface area contributed by atoms with Crippen LogP contribution >= 0.6 is 23.2 Å². The molecular weight excluding hydrogens is 722 g/mol. The standard InChI is InChI=1S/C39H45Cl2FN6O5/c1-38(2,3)53-37(50)48(21-26-12-13-31(49)46-26)20-25-11-10-23(18-30(25)52-6)35-33(41)28(15-17-44-35)27-8-7-9-29(32(27)40)47-36-34(42)24(14-16-45-36)19-43-22-39(4,5)51/h7-11,14-18,26,43,51H,12-13,19-22H2,1-6H3,(H,45,47)(H,46,49)/t26-/m0/s1. The van der Waals surface area contributed by atoms with Crippen LogP contribution in [0.4, 0.5) is 20.7 Å². The van der Waals surface area contributed by atoms with E-state index in [1.165, 1.54) is 6.20 Å². The van der Waals surface area contributed by atoms with E-state index in [-0.39, 0.29) is 43.9 Å². The van der Waals surface area contributed by atoms with Gasteiger partial charge in [0.1, 0.15) is 11.4 Å². The van der Waals surface area contributed by atoms with Crippen LogP contribution < -0.4 is 20.7 Å². The minimum Gasteiger partial charge on any atom is -0.496 e. The Morgan fingerprint density at radius 2 is 1.77 bits per heavy atom. The molecule has 3 heterocycles. The van der Waals surface area contributed by atoms with E-state index in [1.54, 1.807) is 89.2 Å². The number of anilines is 2. The number of hydrogen-bond donors (Lipinski definition) is 4. The third-order valence-corrected chi connectivity index (χ3v) is 9.16. The van der Waals surface area contributed by atoms with Crippen LogP contribution in [0.15, 0.2) is 60.9 Å². The third kappa shape index (κ3) is 10.3. The summed E-state index contributed by atoms with van der Waals surface area (Å²) in [7, 11) is 1.54. The number of aromatic nitrogens is 2. The average molecular weight is 768 g/mol. The van der Waals surface area contributed by atoms with Gasteiger partial charge >= 0.3 is 6.09 Å². The first-order chi connectivity index (χ1) is 25.0. The van der Waals surface area contributed by atoms with E-state index < -0.39 is 23.1 Å². The summed E-state index contributed by atoms with van der Waals surface area (Å²) in [5.74, 6) is -0.0797. The fraction of sp³-hybridized carbons (Fsp3) is 0.385. The van der Waals surface area contributed by atoms with Crippen LogP contribution in [0.1, 0.15) is 58.6 Å². The van der Waals surface area contributed by atoms with E-state index in [9.17, 15) is 14.7 Å². The lowest BCUT2D eigenvalue weighted by molar-refractivity contribution is -0.119. The van der Waals surface area contributed by atoms with Crippen LogP contribution in [-0.2, 0) is 22.6 Å². The Balaban J connectivity index is 1.40. The predicted octanol–water partition coefficient (Wildman–Crippen LogP) is 7.88. The first-order valence-corrected chi connectivity index (χ1v) is 18.0. The average Bonchev–Trinajstić information content (AvgIpc) is 3.50. The lowest BCUT2D eigenvalue weighted by atomic mass is 10.0. The van der Waals surface area contributed by atoms with Gasteiger partial charge in [-0.15, -0.1) is 0 Å². The number of rotatable bonds is 13. The highest BCUT2D eigenvalue weighted by atomic mass is 35.5. The highest BCUT2D eigenvalue weighted by Gasteiger charge is 2.29. The molecule has 282 valence electrons. The molecule has 0 unspecified atom stereocenters. The van der Waals surface area contributed by atoms with Crippen LogP contribution in [0.2, 0.25) is 10.0 Å². The number of hydrogen-bond acceptors (Lipinski definition) is 9. The van der Waals surface area contributed by atoms with Gasteiger partial charge in [0.05, 0.1) is 40.7 Å². The molecule has 14 heteroatoms. The molecule has 0 radical (unpaired) electrons. The molecule has 53 heavy (non-hydrogen) atoms. The summed E-state index contributed by atoms with van der Waals surface area (Å²) in [5, 5.41) is 19.6. The summed E-state index contributed by atoms with van der Waals surface area (Å²) >= 11 is 14.0. The maximum Gasteiger partial charge on any atom is 0.410 e. The molecule has 4 N–H and O–H groups in total. The number of carbonyl (C=O) groups is 2. The van der Waals surface area contributed by atoms with E-state index >= 15 is 4.39 Å². The SMILES string of the molecule is COc1cc(-c2nccc(-c3cccc(Nc4nccc(CNCC(C)(C)O)c4F)c3Cl)c2Cl)ccc1CN(C[C@@H]1CCC(=O)N1)C(=O)OC(C)(C)C. The summed E-state index contributed by atoms with van der Waals surface area (Å²) in [6, 6.07) is 13.9. The zero-order chi connectivity index (χ0) is 38.5. The number of amides is 2. The van der Waals surface area contributed by atoms with E-state index in [2.05, 4.69) is 25.9 Å². The second kappa shape index (κ2) is 16.7. The molecule has 0 saturated carbocycles. The Labute approximate surface area is 319 Å². The van der Waals surface area contributed by atoms with Crippen LogP contribution in [0, 0.1) is 5.82 Å². The molecule has 4 aromatic rings. The quantitative estimate of drug-likeness (QED) is 0.107. The molecule has 2 amide bonds. The first kappa shape index (κ1) is 39.7. The molecule has 2 aromatic carbocycles. The Bertz CT molecular complexity index is 1970. The molecule has 0 spiro atoms. The summed E-state index contributed by atoms with van der Waals surface area (Å²) in [6.07, 6.45) is 3.66. The lowest BCUT2D eigenvalue weighted by Gasteiger charge is -2.29. The normalized spacial score (nSPS) is 14.5. The maximum atomic E-state index is 15.5. The van der Waals surface area contributed by atoms with Gasteiger partial charge < -0.3 is 35.4 Å². The lowest BCUT2D eigenvalue weighted by Crippen LogP contribution is -2.43. The number of aliphatic hydroxyl groups is 1. The fourth-order valence-electron chi connectivity index (χ4n) is 5.87. The van der Waals surface area contributed by atoms with E-state index in [4.69, 9.17) is 32.7 Å². The van der Waals surface area contributed by atoms with Crippen LogP contribution in [0.3, 0.4) is 0 Å². The van der Waals surface area contributed by atoms with Crippen LogP contribution in [0.5, 0.6) is 5.75 Å². The van der Waals surface area contributed by atoms with Gasteiger partial charge in [-0.1, -0.05) is 47.5 Å². The summed E-state index contributed by atoms with van der Waals surface area (Å²) in [6.45, 7) is 9.69. The molecule has 11 nitrogen and oxygen atoms in total. The largest absolute Gasteiger partial charge is 0.496 e. The highest BCUT2D eigenvalue weighted by Crippen LogP contribution is 2.42. The topological polar surface area (TPSA) is 138 Å². The first-order valence-electron chi connectivity index (χ1n) is 17.2. The molecule has 0 aliphatic carbocycles. The smallest absolute Gasteiger partial charge is 0.410 e. The Morgan fingerprint density at radius 1 is 1.04 bits per heavy atom. The second-order valence-electron chi connectivity index (χ2n) is 14.6. The van der Waals surface area contributed by atoms with Crippen molar-refractivity contribution < 1.29 is 28.6 Å². The van der Waals surface area contributed by atoms with Crippen molar-refractivity contribution in [3.05, 3.63) is 87.9 Å². The summed E-state index contributed by atoms with van der Waals surface area (Å²) in [5.41, 5.74) is 2.19. The number of methoxy groups -OCH3 is 1. The van der Waals surface area contributed by atoms with Crippen molar-refractivity contribution in [1.29, 1.82) is 0 Å². The molecule has 1 atom stereocenters. The van der Waals surface area contributed by atoms with E-state index in [0.29, 0.717) is 62.3 Å². The van der Waals surface area contributed by atoms with Crippen molar-refractivity contribution in [3.63, 3.8) is 0 Å². The minimum atomic E-state index is -0.940. The van der Waals surface area contributed by atoms with Gasteiger partial charge in [0.25, 0.3) is 0 Å². The predicted molar refractivity (Wildman–Crippen MR) is 205 cm³/mol. The molecule has 2 aromatic heterocycles. The Kier molecular flexibility index (Phi) is 12.5. The number of carbonyl (C=O) groups excluding carboxylic acids is 2. The zero-order valence-electron chi connectivity index (χ0n) is 30.6. The molecular formula is C39H45Cl2FN6O5. The third-order valence-electron chi connectivity index (χ3n) is 8.37. The highest BCUT2D eigenvalue weighted by molar-refractivity contribution is 6.39. The minimum absolute atomic E-state index is 0.00136. The van der Waals surface area contributed by atoms with Crippen molar-refractivity contribution in [2.75, 3.05) is 25.5 Å². The van der Waals surface area contributed by atoms with Crippen molar-refractivity contribution in [3.8, 4) is 28.1 Å². The van der Waals surface area contributed by atoms with Gasteiger partial charge in [-0.25, -0.2) is 14.2 Å². The number of benzene rings is 2. The van der Waals surface area contributed by atoms with Crippen LogP contribution in [-0.4, -0.2) is 69.4 Å². The second-order valence-corrected chi connectivity index (χ2v) is 15.3. The van der Waals surface area contributed by atoms with Gasteiger partial charge in [-0.2, -0.15) is 0 Å². The zero-order valence-corrected chi connectivity index (χ0v) is 32.2. The molecule has 1 aliphatic rings. The van der Waals surface area contributed by atoms with Gasteiger partial charge in [0.15, 0.2) is 11.6 Å². The van der Waals surface area contributed by atoms with Crippen molar-refractivity contribution in [1.82, 2.24) is 25.5 Å². The fourth-order valence-corrected chi connectivity index (χ4v) is 6.46. The Hall–Kier alpha value is -4.49. The maximum absolute atomic E-state index is 15.5. The summed E-state index contributed by atoms with van der Waals surface area (Å²) in [4.78, 5) is 35.5. The van der Waals surface area contributed by atoms with Crippen molar-refractivity contribution in [2.24, 2.45) is 0 Å².